The lowest BCUT2D eigenvalue weighted by atomic mass is 9.99. The Labute approximate surface area is 219 Å². The molecule has 8 nitrogen and oxygen atoms in total. The number of nitrogens with zero attached hydrogens (tertiary/aromatic N) is 1. The highest BCUT2D eigenvalue weighted by Crippen LogP contribution is 2.39. The molecule has 0 unspecified atom stereocenters. The Kier molecular flexibility index (Phi) is 6.94. The Hall–Kier alpha value is -4.14. The number of hydrogen-bond acceptors (Lipinski definition) is 5. The van der Waals surface area contributed by atoms with Gasteiger partial charge in [-0.1, -0.05) is 29.8 Å². The zero-order chi connectivity index (χ0) is 25.9. The summed E-state index contributed by atoms with van der Waals surface area (Å²) < 4.78 is 0. The molecule has 188 valence electrons. The highest BCUT2D eigenvalue weighted by Gasteiger charge is 2.29. The van der Waals surface area contributed by atoms with Crippen molar-refractivity contribution in [2.75, 3.05) is 42.1 Å². The number of piperazine rings is 1. The first-order valence-electron chi connectivity index (χ1n) is 12.0. The highest BCUT2D eigenvalue weighted by atomic mass is 35.5. The summed E-state index contributed by atoms with van der Waals surface area (Å²) in [4.78, 5) is 39.2. The van der Waals surface area contributed by atoms with Crippen molar-refractivity contribution in [1.29, 1.82) is 0 Å². The third-order valence-electron chi connectivity index (χ3n) is 6.28. The quantitative estimate of drug-likeness (QED) is 0.380. The van der Waals surface area contributed by atoms with Gasteiger partial charge in [0.25, 0.3) is 11.8 Å². The number of nitrogens with one attached hydrogen (secondary N) is 4. The highest BCUT2D eigenvalue weighted by molar-refractivity contribution is 6.38. The van der Waals surface area contributed by atoms with Crippen molar-refractivity contribution < 1.29 is 14.4 Å². The van der Waals surface area contributed by atoms with Crippen LogP contribution in [0.5, 0.6) is 0 Å². The molecular weight excluding hydrogens is 490 g/mol. The van der Waals surface area contributed by atoms with Gasteiger partial charge in [-0.2, -0.15) is 0 Å². The van der Waals surface area contributed by atoms with Crippen LogP contribution in [-0.4, -0.2) is 48.8 Å². The van der Waals surface area contributed by atoms with E-state index in [1.807, 2.05) is 35.2 Å². The lowest BCUT2D eigenvalue weighted by Gasteiger charge is -2.27. The Balaban J connectivity index is 1.50. The lowest BCUT2D eigenvalue weighted by molar-refractivity contribution is -0.114. The zero-order valence-electron chi connectivity index (χ0n) is 20.2. The Morgan fingerprint density at radius 2 is 1.49 bits per heavy atom. The molecule has 0 aromatic heterocycles. The molecule has 0 bridgehead atoms. The van der Waals surface area contributed by atoms with Crippen molar-refractivity contribution in [3.63, 3.8) is 0 Å². The van der Waals surface area contributed by atoms with Crippen LogP contribution in [0, 0.1) is 0 Å². The van der Waals surface area contributed by atoms with E-state index in [-0.39, 0.29) is 17.7 Å². The molecule has 0 spiro atoms. The van der Waals surface area contributed by atoms with Gasteiger partial charge in [-0.25, -0.2) is 0 Å². The molecule has 9 heteroatoms. The average molecular weight is 516 g/mol. The maximum atomic E-state index is 13.1. The van der Waals surface area contributed by atoms with Crippen LogP contribution >= 0.6 is 11.6 Å². The second kappa shape index (κ2) is 10.5. The minimum Gasteiger partial charge on any atom is -0.354 e. The fourth-order valence-electron chi connectivity index (χ4n) is 4.49. The van der Waals surface area contributed by atoms with Crippen molar-refractivity contribution in [1.82, 2.24) is 10.2 Å². The first-order valence-corrected chi connectivity index (χ1v) is 12.4. The van der Waals surface area contributed by atoms with Crippen molar-refractivity contribution in [3.8, 4) is 0 Å². The lowest BCUT2D eigenvalue weighted by Crippen LogP contribution is -2.46. The predicted octanol–water partition coefficient (Wildman–Crippen LogP) is 4.28. The smallest absolute Gasteiger partial charge is 0.258 e. The summed E-state index contributed by atoms with van der Waals surface area (Å²) in [5.74, 6) is -0.418. The number of carbonyl (C=O) groups is 3. The number of anilines is 3. The summed E-state index contributed by atoms with van der Waals surface area (Å²) in [6, 6.07) is 19.8. The van der Waals surface area contributed by atoms with Crippen LogP contribution in [0.15, 0.2) is 66.7 Å². The monoisotopic (exact) mass is 515 g/mol. The molecule has 5 rings (SSSR count). The molecule has 37 heavy (non-hydrogen) atoms. The molecule has 0 radical (unpaired) electrons. The van der Waals surface area contributed by atoms with Crippen molar-refractivity contribution in [3.05, 3.63) is 88.4 Å². The Bertz CT molecular complexity index is 1390. The molecule has 3 amide bonds. The van der Waals surface area contributed by atoms with E-state index in [1.165, 1.54) is 6.92 Å². The minimum absolute atomic E-state index is 0.00108. The molecule has 3 aromatic rings. The van der Waals surface area contributed by atoms with Crippen LogP contribution in [0.4, 0.5) is 17.1 Å². The molecular formula is C28H26ClN5O3. The van der Waals surface area contributed by atoms with Crippen LogP contribution in [0.3, 0.4) is 0 Å². The van der Waals surface area contributed by atoms with E-state index >= 15 is 0 Å². The summed E-state index contributed by atoms with van der Waals surface area (Å²) in [6.45, 7) is 4.39. The van der Waals surface area contributed by atoms with Gasteiger partial charge in [0, 0.05) is 60.6 Å². The van der Waals surface area contributed by atoms with E-state index in [0.717, 1.165) is 29.9 Å². The molecule has 1 fully saturated rings. The van der Waals surface area contributed by atoms with Crippen molar-refractivity contribution in [2.24, 2.45) is 0 Å². The molecule has 2 aliphatic rings. The van der Waals surface area contributed by atoms with Gasteiger partial charge < -0.3 is 26.2 Å². The molecule has 2 aliphatic heterocycles. The van der Waals surface area contributed by atoms with E-state index in [1.54, 1.807) is 36.4 Å². The van der Waals surface area contributed by atoms with E-state index in [2.05, 4.69) is 21.3 Å². The van der Waals surface area contributed by atoms with Crippen molar-refractivity contribution in [2.45, 2.75) is 6.92 Å². The third-order valence-corrected chi connectivity index (χ3v) is 6.51. The van der Waals surface area contributed by atoms with Gasteiger partial charge in [0.05, 0.1) is 17.0 Å². The molecule has 4 N–H and O–H groups in total. The summed E-state index contributed by atoms with van der Waals surface area (Å²) in [6.07, 6.45) is 0. The summed E-state index contributed by atoms with van der Waals surface area (Å²) >= 11 is 6.15. The SMILES string of the molecule is CC(=O)Nc1ccc(C(Nc2ccc(C(=O)N3CCNCC3)cc2)=C2C(=O)Nc3cc(Cl)ccc32)cc1. The van der Waals surface area contributed by atoms with Gasteiger partial charge in [0.2, 0.25) is 5.91 Å². The summed E-state index contributed by atoms with van der Waals surface area (Å²) in [7, 11) is 0. The van der Waals surface area contributed by atoms with Gasteiger partial charge in [-0.3, -0.25) is 14.4 Å². The van der Waals surface area contributed by atoms with Crippen LogP contribution in [0.1, 0.15) is 28.4 Å². The first kappa shape index (κ1) is 24.5. The number of amides is 3. The maximum absolute atomic E-state index is 13.1. The summed E-state index contributed by atoms with van der Waals surface area (Å²) in [5, 5.41) is 12.8. The fourth-order valence-corrected chi connectivity index (χ4v) is 4.66. The normalized spacial score (nSPS) is 16.1. The Morgan fingerprint density at radius 3 is 2.14 bits per heavy atom. The van der Waals surface area contributed by atoms with Gasteiger partial charge in [0.15, 0.2) is 0 Å². The number of carbonyl (C=O) groups excluding carboxylic acids is 3. The van der Waals surface area contributed by atoms with Crippen LogP contribution in [0.25, 0.3) is 11.3 Å². The summed E-state index contributed by atoms with van der Waals surface area (Å²) in [5.41, 5.74) is 5.17. The second-order valence-corrected chi connectivity index (χ2v) is 9.33. The molecule has 0 atom stereocenters. The van der Waals surface area contributed by atoms with Gasteiger partial charge in [-0.05, 0) is 54.1 Å². The van der Waals surface area contributed by atoms with Crippen LogP contribution < -0.4 is 21.3 Å². The molecule has 0 saturated carbocycles. The zero-order valence-corrected chi connectivity index (χ0v) is 21.0. The van der Waals surface area contributed by atoms with Crippen molar-refractivity contribution >= 4 is 57.7 Å². The second-order valence-electron chi connectivity index (χ2n) is 8.90. The van der Waals surface area contributed by atoms with Gasteiger partial charge in [-0.15, -0.1) is 0 Å². The van der Waals surface area contributed by atoms with E-state index in [9.17, 15) is 14.4 Å². The predicted molar refractivity (Wildman–Crippen MR) is 146 cm³/mol. The molecule has 3 aromatic carbocycles. The molecule has 0 aliphatic carbocycles. The van der Waals surface area contributed by atoms with Crippen LogP contribution in [0.2, 0.25) is 5.02 Å². The molecule has 2 heterocycles. The molecule has 1 saturated heterocycles. The standard InChI is InChI=1S/C28H26ClN5O3/c1-17(35)31-21-7-2-18(3-8-21)26(25-23-11-6-20(29)16-24(23)33-27(25)36)32-22-9-4-19(5-10-22)28(37)34-14-12-30-13-15-34/h2-11,16,30,32H,12-15H2,1H3,(H,31,35)(H,33,36). The van der Waals surface area contributed by atoms with Gasteiger partial charge in [0.1, 0.15) is 0 Å². The Morgan fingerprint density at radius 1 is 0.865 bits per heavy atom. The maximum Gasteiger partial charge on any atom is 0.258 e. The minimum atomic E-state index is -0.254. The number of halogens is 1. The van der Waals surface area contributed by atoms with E-state index in [4.69, 9.17) is 11.6 Å². The van der Waals surface area contributed by atoms with E-state index < -0.39 is 0 Å². The number of benzene rings is 3. The number of rotatable bonds is 5. The first-order chi connectivity index (χ1) is 17.9. The average Bonchev–Trinajstić information content (AvgIpc) is 3.22. The van der Waals surface area contributed by atoms with E-state index in [0.29, 0.717) is 46.3 Å². The third kappa shape index (κ3) is 5.35. The largest absolute Gasteiger partial charge is 0.354 e. The van der Waals surface area contributed by atoms with Crippen LogP contribution in [-0.2, 0) is 9.59 Å². The number of fused-ring (bicyclic) bond motifs is 1. The van der Waals surface area contributed by atoms with Gasteiger partial charge >= 0.3 is 0 Å². The fraction of sp³-hybridized carbons (Fsp3) is 0.179. The number of hydrogen-bond donors (Lipinski definition) is 4. The topological polar surface area (TPSA) is 103 Å².